The second kappa shape index (κ2) is 6.08. The molecule has 0 radical (unpaired) electrons. The van der Waals surface area contributed by atoms with E-state index in [1.165, 1.54) is 4.90 Å². The van der Waals surface area contributed by atoms with Crippen molar-refractivity contribution in [2.75, 3.05) is 5.75 Å². The number of benzene rings is 1. The fraction of sp³-hybridized carbons (Fsp3) is 0.200. The molecule has 0 heterocycles. The van der Waals surface area contributed by atoms with Crippen LogP contribution >= 0.6 is 23.4 Å². The summed E-state index contributed by atoms with van der Waals surface area (Å²) in [4.78, 5) is 1.24. The van der Waals surface area contributed by atoms with E-state index in [-0.39, 0.29) is 0 Å². The predicted molar refractivity (Wildman–Crippen MR) is 60.1 cm³/mol. The third kappa shape index (κ3) is 3.85. The zero-order valence-electron chi connectivity index (χ0n) is 7.24. The van der Waals surface area contributed by atoms with Gasteiger partial charge in [0.2, 0.25) is 0 Å². The van der Waals surface area contributed by atoms with Crippen LogP contribution in [0.15, 0.2) is 40.8 Å². The van der Waals surface area contributed by atoms with Crippen molar-refractivity contribution in [2.45, 2.75) is 11.4 Å². The maximum atomic E-state index is 5.49. The number of rotatable bonds is 4. The van der Waals surface area contributed by atoms with Crippen molar-refractivity contribution < 1.29 is 0 Å². The monoisotopic (exact) mass is 213 g/mol. The van der Waals surface area contributed by atoms with E-state index in [4.69, 9.17) is 17.3 Å². The molecule has 0 unspecified atom stereocenters. The molecular weight excluding hydrogens is 202 g/mol. The molecule has 70 valence electrons. The molecular formula is C10H12ClNS. The van der Waals surface area contributed by atoms with E-state index in [2.05, 4.69) is 12.1 Å². The molecule has 0 bridgehead atoms. The SMILES string of the molecule is NCc1ccc(SC/C=C/Cl)cc1. The lowest BCUT2D eigenvalue weighted by Crippen LogP contribution is -1.94. The standard InChI is InChI=1S/C10H12ClNS/c11-6-1-7-13-10-4-2-9(8-12)3-5-10/h1-6H,7-8,12H2/b6-1+. The molecule has 0 aromatic heterocycles. The van der Waals surface area contributed by atoms with Gasteiger partial charge in [-0.2, -0.15) is 0 Å². The third-order valence-corrected chi connectivity index (χ3v) is 2.74. The molecule has 3 heteroatoms. The second-order valence-corrected chi connectivity index (χ2v) is 3.87. The van der Waals surface area contributed by atoms with Crippen LogP contribution in [0.2, 0.25) is 0 Å². The molecule has 13 heavy (non-hydrogen) atoms. The summed E-state index contributed by atoms with van der Waals surface area (Å²) in [6.45, 7) is 0.604. The number of thioether (sulfide) groups is 1. The molecule has 0 saturated heterocycles. The minimum atomic E-state index is 0.604. The summed E-state index contributed by atoms with van der Waals surface area (Å²) in [5.74, 6) is 0.908. The Morgan fingerprint density at radius 3 is 2.54 bits per heavy atom. The first-order chi connectivity index (χ1) is 6.36. The fourth-order valence-electron chi connectivity index (χ4n) is 0.902. The maximum absolute atomic E-state index is 5.49. The van der Waals surface area contributed by atoms with Crippen molar-refractivity contribution in [1.29, 1.82) is 0 Å². The minimum Gasteiger partial charge on any atom is -0.326 e. The topological polar surface area (TPSA) is 26.0 Å². The van der Waals surface area contributed by atoms with Crippen molar-refractivity contribution in [3.05, 3.63) is 41.4 Å². The van der Waals surface area contributed by atoms with Crippen molar-refractivity contribution >= 4 is 23.4 Å². The average Bonchev–Trinajstić information content (AvgIpc) is 2.19. The Kier molecular flexibility index (Phi) is 4.98. The van der Waals surface area contributed by atoms with Gasteiger partial charge in [0.1, 0.15) is 0 Å². The molecule has 0 fully saturated rings. The number of hydrogen-bond acceptors (Lipinski definition) is 2. The van der Waals surface area contributed by atoms with Gasteiger partial charge in [0.05, 0.1) is 0 Å². The third-order valence-electron chi connectivity index (χ3n) is 1.59. The largest absolute Gasteiger partial charge is 0.326 e. The van der Waals surface area contributed by atoms with Crippen LogP contribution in [0.25, 0.3) is 0 Å². The van der Waals surface area contributed by atoms with Crippen LogP contribution in [0.1, 0.15) is 5.56 Å². The highest BCUT2D eigenvalue weighted by Gasteiger charge is 1.92. The van der Waals surface area contributed by atoms with Gasteiger partial charge < -0.3 is 5.73 Å². The number of hydrogen-bond donors (Lipinski definition) is 1. The Bertz CT molecular complexity index is 269. The zero-order valence-corrected chi connectivity index (χ0v) is 8.81. The Labute approximate surface area is 88.0 Å². The van der Waals surface area contributed by atoms with E-state index in [1.807, 2.05) is 18.2 Å². The summed E-state index contributed by atoms with van der Waals surface area (Å²) in [5, 5.41) is 0. The van der Waals surface area contributed by atoms with Crippen LogP contribution in [0.4, 0.5) is 0 Å². The van der Waals surface area contributed by atoms with Gasteiger partial charge in [0.15, 0.2) is 0 Å². The highest BCUT2D eigenvalue weighted by molar-refractivity contribution is 7.99. The van der Waals surface area contributed by atoms with Crippen LogP contribution in [-0.4, -0.2) is 5.75 Å². The van der Waals surface area contributed by atoms with Gasteiger partial charge in [-0.25, -0.2) is 0 Å². The van der Waals surface area contributed by atoms with Crippen molar-refractivity contribution in [3.63, 3.8) is 0 Å². The lowest BCUT2D eigenvalue weighted by Gasteiger charge is -1.99. The van der Waals surface area contributed by atoms with Crippen LogP contribution in [0, 0.1) is 0 Å². The van der Waals surface area contributed by atoms with Gasteiger partial charge in [-0.3, -0.25) is 0 Å². The lowest BCUT2D eigenvalue weighted by molar-refractivity contribution is 1.07. The van der Waals surface area contributed by atoms with E-state index in [0.29, 0.717) is 6.54 Å². The molecule has 1 aromatic carbocycles. The van der Waals surface area contributed by atoms with Gasteiger partial charge in [-0.15, -0.1) is 11.8 Å². The molecule has 0 saturated carbocycles. The summed E-state index contributed by atoms with van der Waals surface area (Å²) in [6, 6.07) is 8.25. The molecule has 1 aromatic rings. The Morgan fingerprint density at radius 1 is 1.31 bits per heavy atom. The minimum absolute atomic E-state index is 0.604. The number of halogens is 1. The first-order valence-electron chi connectivity index (χ1n) is 4.04. The fourth-order valence-corrected chi connectivity index (χ4v) is 1.81. The summed E-state index contributed by atoms with van der Waals surface area (Å²) >= 11 is 7.16. The Morgan fingerprint density at radius 2 is 2.00 bits per heavy atom. The Hall–Kier alpha value is -0.440. The van der Waals surface area contributed by atoms with Gasteiger partial charge in [-0.1, -0.05) is 29.8 Å². The molecule has 0 aliphatic carbocycles. The molecule has 1 nitrogen and oxygen atoms in total. The maximum Gasteiger partial charge on any atom is 0.0178 e. The lowest BCUT2D eigenvalue weighted by atomic mass is 10.2. The van der Waals surface area contributed by atoms with E-state index >= 15 is 0 Å². The van der Waals surface area contributed by atoms with E-state index < -0.39 is 0 Å². The normalized spacial score (nSPS) is 10.9. The summed E-state index contributed by atoms with van der Waals surface area (Å²) in [7, 11) is 0. The molecule has 0 atom stereocenters. The van der Waals surface area contributed by atoms with Crippen molar-refractivity contribution in [1.82, 2.24) is 0 Å². The van der Waals surface area contributed by atoms with E-state index in [1.54, 1.807) is 17.3 Å². The van der Waals surface area contributed by atoms with Gasteiger partial charge in [0, 0.05) is 22.7 Å². The van der Waals surface area contributed by atoms with Gasteiger partial charge in [0.25, 0.3) is 0 Å². The zero-order chi connectivity index (χ0) is 9.52. The summed E-state index contributed by atoms with van der Waals surface area (Å²) < 4.78 is 0. The van der Waals surface area contributed by atoms with E-state index in [9.17, 15) is 0 Å². The van der Waals surface area contributed by atoms with Crippen molar-refractivity contribution in [3.8, 4) is 0 Å². The second-order valence-electron chi connectivity index (χ2n) is 2.52. The summed E-state index contributed by atoms with van der Waals surface area (Å²) in [6.07, 6.45) is 1.92. The molecule has 0 amide bonds. The quantitative estimate of drug-likeness (QED) is 0.779. The molecule has 0 spiro atoms. The molecule has 0 aliphatic heterocycles. The first kappa shape index (κ1) is 10.6. The highest BCUT2D eigenvalue weighted by Crippen LogP contribution is 2.18. The van der Waals surface area contributed by atoms with Crippen LogP contribution < -0.4 is 5.73 Å². The smallest absolute Gasteiger partial charge is 0.0178 e. The highest BCUT2D eigenvalue weighted by atomic mass is 35.5. The van der Waals surface area contributed by atoms with Crippen LogP contribution in [-0.2, 0) is 6.54 Å². The molecule has 2 N–H and O–H groups in total. The van der Waals surface area contributed by atoms with E-state index in [0.717, 1.165) is 11.3 Å². The van der Waals surface area contributed by atoms with Gasteiger partial charge in [-0.05, 0) is 17.7 Å². The average molecular weight is 214 g/mol. The molecule has 1 rings (SSSR count). The van der Waals surface area contributed by atoms with Crippen molar-refractivity contribution in [2.24, 2.45) is 5.73 Å². The number of nitrogens with two attached hydrogens (primary N) is 1. The molecule has 0 aliphatic rings. The van der Waals surface area contributed by atoms with Crippen LogP contribution in [0.3, 0.4) is 0 Å². The van der Waals surface area contributed by atoms with Gasteiger partial charge >= 0.3 is 0 Å². The Balaban J connectivity index is 2.49. The summed E-state index contributed by atoms with van der Waals surface area (Å²) in [5.41, 5.74) is 8.19. The predicted octanol–water partition coefficient (Wildman–Crippen LogP) is 2.99. The van der Waals surface area contributed by atoms with Crippen LogP contribution in [0.5, 0.6) is 0 Å². The first-order valence-corrected chi connectivity index (χ1v) is 5.46.